The third-order valence-corrected chi connectivity index (χ3v) is 5.48. The molecule has 0 aliphatic rings. The van der Waals surface area contributed by atoms with Crippen molar-refractivity contribution in [3.63, 3.8) is 0 Å². The molecule has 1 aromatic carbocycles. The van der Waals surface area contributed by atoms with Crippen LogP contribution in [0.15, 0.2) is 35.5 Å². The predicted octanol–water partition coefficient (Wildman–Crippen LogP) is 7.83. The molecule has 0 aliphatic heterocycles. The van der Waals surface area contributed by atoms with Gasteiger partial charge in [-0.1, -0.05) is 56.0 Å². The summed E-state index contributed by atoms with van der Waals surface area (Å²) in [5.74, 6) is 0. The molecule has 0 saturated carbocycles. The minimum atomic E-state index is -5.42. The van der Waals surface area contributed by atoms with Gasteiger partial charge >= 0.3 is 62.1 Å². The first kappa shape index (κ1) is 26.4. The number of hydrogen-bond acceptors (Lipinski definition) is 0. The molecule has 0 fully saturated rings. The van der Waals surface area contributed by atoms with Gasteiger partial charge in [0, 0.05) is 6.92 Å². The Morgan fingerprint density at radius 1 is 1.00 bits per heavy atom. The Hall–Kier alpha value is 1.41. The molecule has 0 unspecified atom stereocenters. The van der Waals surface area contributed by atoms with Gasteiger partial charge in [-0.15, -0.1) is 0 Å². The van der Waals surface area contributed by atoms with E-state index >= 15 is 0 Å². The first-order valence-electron chi connectivity index (χ1n) is 7.78. The number of halogens is 6. The van der Waals surface area contributed by atoms with E-state index in [9.17, 15) is 0 Å². The zero-order valence-corrected chi connectivity index (χ0v) is 23.2. The van der Waals surface area contributed by atoms with Crippen molar-refractivity contribution in [1.29, 1.82) is 0 Å². The van der Waals surface area contributed by atoms with Crippen LogP contribution in [0.4, 0.5) is 0 Å². The molecule has 1 aromatic rings. The van der Waals surface area contributed by atoms with E-state index in [1.165, 1.54) is 5.56 Å². The van der Waals surface area contributed by atoms with Crippen LogP contribution in [0.2, 0.25) is 19.6 Å². The molecule has 25 heavy (non-hydrogen) atoms. The quantitative estimate of drug-likeness (QED) is 0.186. The number of hydrogen-bond donors (Lipinski definition) is 0. The summed E-state index contributed by atoms with van der Waals surface area (Å²) in [4.78, 5) is 0. The molecule has 0 saturated heterocycles. The summed E-state index contributed by atoms with van der Waals surface area (Å²) in [5, 5.41) is 1.61. The predicted molar refractivity (Wildman–Crippen MR) is 126 cm³/mol. The summed E-state index contributed by atoms with van der Waals surface area (Å²) in [6.45, 7) is 13.7. The van der Waals surface area contributed by atoms with Crippen LogP contribution in [-0.2, 0) is 0 Å². The summed E-state index contributed by atoms with van der Waals surface area (Å²) >= 11 is 0. The molecular weight excluding hydrogens is 569 g/mol. The van der Waals surface area contributed by atoms with Gasteiger partial charge < -0.3 is 0 Å². The maximum atomic E-state index is 5.06. The third kappa shape index (κ3) is 18.5. The number of rotatable bonds is 5. The topological polar surface area (TPSA) is 3.01 Å². The van der Waals surface area contributed by atoms with E-state index in [1.807, 2.05) is 0 Å². The van der Waals surface area contributed by atoms with Crippen molar-refractivity contribution in [3.05, 3.63) is 41.1 Å². The molecule has 0 radical (unpaired) electrons. The maximum absolute atomic E-state index is 5.42. The van der Waals surface area contributed by atoms with Gasteiger partial charge in [-0.25, -0.2) is 4.58 Å². The molecule has 0 aromatic heterocycles. The monoisotopic (exact) mass is 591 g/mol. The zero-order chi connectivity index (χ0) is 20.0. The Kier molecular flexibility index (Phi) is 9.79. The second kappa shape index (κ2) is 9.27. The third-order valence-electron chi connectivity index (χ3n) is 3.25. The molecule has 0 amide bonds. The van der Waals surface area contributed by atoms with E-state index in [2.05, 4.69) is 80.7 Å². The molecule has 0 atom stereocenters. The normalized spacial score (nSPS) is 16.4. The Morgan fingerprint density at radius 3 is 1.76 bits per heavy atom. The SMILES string of the molecule is CC=[N+](CC)C/C(=C/c1ccccc1)[Si](C)(C)C.[Cl][Sb-]([Cl])([Cl])([Cl])([Cl])[Cl]. The van der Waals surface area contributed by atoms with Crippen LogP contribution in [0.25, 0.3) is 6.08 Å². The van der Waals surface area contributed by atoms with Gasteiger partial charge in [-0.05, 0) is 17.7 Å². The van der Waals surface area contributed by atoms with Crippen LogP contribution in [0.1, 0.15) is 19.4 Å². The van der Waals surface area contributed by atoms with Crippen LogP contribution in [-0.4, -0.2) is 41.1 Å². The van der Waals surface area contributed by atoms with E-state index in [0.29, 0.717) is 0 Å². The summed E-state index contributed by atoms with van der Waals surface area (Å²) in [5.41, 5.74) is 1.32. The van der Waals surface area contributed by atoms with E-state index in [4.69, 9.17) is 53.0 Å². The number of nitrogens with zero attached hydrogens (tertiary/aromatic N) is 1. The molecule has 0 spiro atoms. The molecule has 1 rings (SSSR count). The summed E-state index contributed by atoms with van der Waals surface area (Å²) in [7, 11) is 23.7. The second-order valence-electron chi connectivity index (χ2n) is 6.61. The van der Waals surface area contributed by atoms with Crippen molar-refractivity contribution in [2.75, 3.05) is 13.1 Å². The van der Waals surface area contributed by atoms with Crippen molar-refractivity contribution in [2.45, 2.75) is 33.5 Å². The van der Waals surface area contributed by atoms with Crippen molar-refractivity contribution in [3.8, 4) is 0 Å². The average Bonchev–Trinajstić information content (AvgIpc) is 2.40. The molecule has 9 heteroatoms. The Morgan fingerprint density at radius 2 is 1.44 bits per heavy atom. The van der Waals surface area contributed by atoms with Crippen LogP contribution in [0.5, 0.6) is 0 Å². The molecule has 0 heterocycles. The zero-order valence-electron chi connectivity index (χ0n) is 15.1. The number of likely N-dealkylation sites (N-methyl/N-ethyl adjacent to an activating group) is 1. The van der Waals surface area contributed by atoms with Crippen molar-refractivity contribution in [1.82, 2.24) is 0 Å². The fourth-order valence-corrected chi connectivity index (χ4v) is 3.13. The van der Waals surface area contributed by atoms with Gasteiger partial charge in [0.2, 0.25) is 0 Å². The van der Waals surface area contributed by atoms with Crippen molar-refractivity contribution in [2.24, 2.45) is 0 Å². The van der Waals surface area contributed by atoms with Gasteiger partial charge in [0.1, 0.15) is 12.8 Å². The first-order valence-corrected chi connectivity index (χ1v) is 30.7. The van der Waals surface area contributed by atoms with Gasteiger partial charge in [0.15, 0.2) is 6.54 Å². The average molecular weight is 595 g/mol. The number of benzene rings is 1. The summed E-state index contributed by atoms with van der Waals surface area (Å²) in [6, 6.07) is 10.7. The molecule has 1 nitrogen and oxygen atoms in total. The van der Waals surface area contributed by atoms with E-state index in [0.717, 1.165) is 13.1 Å². The minimum absolute atomic E-state index is 1.07. The fourth-order valence-electron chi connectivity index (χ4n) is 1.85. The first-order chi connectivity index (χ1) is 10.9. The van der Waals surface area contributed by atoms with Gasteiger partial charge in [0.05, 0.1) is 8.07 Å². The second-order valence-corrected chi connectivity index (χ2v) is 68.7. The molecule has 0 bridgehead atoms. The van der Waals surface area contributed by atoms with Gasteiger partial charge in [-0.3, -0.25) is 0 Å². The standard InChI is InChI=1S/C16H26NSi.6ClH.Sb/c1-6-17(7-2)14-16(18(3,4)5)13-15-11-9-8-10-12-15;;;;;;;/h6,8-13H,7,14H2,1-5H3;6*1H;/q+1;;;;;;;+5/p-6/b16-13-,17-6?;;;;;;;. The Bertz CT molecular complexity index is 604. The summed E-state index contributed by atoms with van der Waals surface area (Å²) < 4.78 is 2.38. The molecule has 0 N–H and O–H groups in total. The van der Waals surface area contributed by atoms with E-state index in [-0.39, 0.29) is 0 Å². The fraction of sp³-hybridized carbons (Fsp3) is 0.438. The molecule has 0 aliphatic carbocycles. The van der Waals surface area contributed by atoms with Crippen LogP contribution in [0, 0.1) is 0 Å². The van der Waals surface area contributed by atoms with Crippen molar-refractivity contribution >= 4 is 82.5 Å². The van der Waals surface area contributed by atoms with Crippen molar-refractivity contribution < 1.29 is 4.58 Å². The van der Waals surface area contributed by atoms with E-state index in [1.54, 1.807) is 5.20 Å². The van der Waals surface area contributed by atoms with E-state index < -0.39 is 17.2 Å². The van der Waals surface area contributed by atoms with Gasteiger partial charge in [0.25, 0.3) is 0 Å². The van der Waals surface area contributed by atoms with Gasteiger partial charge in [-0.2, -0.15) is 0 Å². The summed E-state index contributed by atoms with van der Waals surface area (Å²) in [6.07, 6.45) is 4.58. The molecule has 146 valence electrons. The molecular formula is C16H26Cl6NSbSi. The Balaban J connectivity index is 0.000000697. The Labute approximate surface area is 173 Å². The van der Waals surface area contributed by atoms with Crippen LogP contribution < -0.4 is 0 Å². The van der Waals surface area contributed by atoms with Crippen LogP contribution >= 0.6 is 53.0 Å². The van der Waals surface area contributed by atoms with Crippen LogP contribution in [0.3, 0.4) is 0 Å².